The molecule has 0 amide bonds. The van der Waals surface area contributed by atoms with Crippen molar-refractivity contribution in [1.29, 1.82) is 0 Å². The van der Waals surface area contributed by atoms with E-state index in [0.29, 0.717) is 0 Å². The molecule has 0 unspecified atom stereocenters. The summed E-state index contributed by atoms with van der Waals surface area (Å²) in [5.74, 6) is 0. The molecule has 24 heavy (non-hydrogen) atoms. The van der Waals surface area contributed by atoms with Crippen LogP contribution in [-0.2, 0) is 7.05 Å². The molecule has 122 valence electrons. The van der Waals surface area contributed by atoms with Crippen molar-refractivity contribution in [2.24, 2.45) is 7.05 Å². The number of anilines is 1. The third-order valence-corrected chi connectivity index (χ3v) is 4.37. The minimum Gasteiger partial charge on any atom is -1.00 e. The number of aromatic nitrogens is 2. The minimum absolute atomic E-state index is 0. The van der Waals surface area contributed by atoms with E-state index in [0.717, 1.165) is 11.2 Å². The van der Waals surface area contributed by atoms with E-state index in [1.54, 1.807) is 0 Å². The van der Waals surface area contributed by atoms with Crippen LogP contribution >= 0.6 is 0 Å². The molecule has 1 aliphatic rings. The molecule has 1 fully saturated rings. The molecule has 1 saturated heterocycles. The Bertz CT molecular complexity index is 868. The summed E-state index contributed by atoms with van der Waals surface area (Å²) in [5, 5.41) is 1.21. The lowest BCUT2D eigenvalue weighted by Crippen LogP contribution is -3.00. The standard InChI is InChI=1S/C20H20N3.HI/c1-22-13-9-16(10-14-22)3-5-18-6-4-17-15-19(23-11-2-12-23)7-8-20(17)21-18;/h3-10,13-15H,2,11-12H2,1H3;1H/q+1;/p-1. The van der Waals surface area contributed by atoms with E-state index in [9.17, 15) is 0 Å². The zero-order valence-electron chi connectivity index (χ0n) is 13.7. The van der Waals surface area contributed by atoms with E-state index in [4.69, 9.17) is 4.98 Å². The highest BCUT2D eigenvalue weighted by molar-refractivity contribution is 5.84. The van der Waals surface area contributed by atoms with E-state index in [2.05, 4.69) is 59.5 Å². The summed E-state index contributed by atoms with van der Waals surface area (Å²) < 4.78 is 2.03. The van der Waals surface area contributed by atoms with Gasteiger partial charge in [-0.1, -0.05) is 12.1 Å². The highest BCUT2D eigenvalue weighted by Crippen LogP contribution is 2.25. The van der Waals surface area contributed by atoms with Crippen molar-refractivity contribution in [3.05, 3.63) is 66.1 Å². The molecule has 1 aromatic carbocycles. The molecule has 0 spiro atoms. The van der Waals surface area contributed by atoms with Gasteiger partial charge in [-0.3, -0.25) is 0 Å². The quantitative estimate of drug-likeness (QED) is 0.445. The number of rotatable bonds is 3. The van der Waals surface area contributed by atoms with Gasteiger partial charge in [0.05, 0.1) is 11.2 Å². The highest BCUT2D eigenvalue weighted by atomic mass is 127. The molecule has 3 heterocycles. The Labute approximate surface area is 159 Å². The lowest BCUT2D eigenvalue weighted by molar-refractivity contribution is -0.671. The summed E-state index contributed by atoms with van der Waals surface area (Å²) in [6.45, 7) is 2.35. The van der Waals surface area contributed by atoms with E-state index >= 15 is 0 Å². The van der Waals surface area contributed by atoms with Crippen LogP contribution in [0.1, 0.15) is 17.7 Å². The van der Waals surface area contributed by atoms with Crippen LogP contribution in [0.3, 0.4) is 0 Å². The number of hydrogen-bond donors (Lipinski definition) is 0. The maximum Gasteiger partial charge on any atom is 0.169 e. The predicted molar refractivity (Wildman–Crippen MR) is 95.1 cm³/mol. The van der Waals surface area contributed by atoms with Gasteiger partial charge in [0.25, 0.3) is 0 Å². The van der Waals surface area contributed by atoms with Crippen LogP contribution in [0.4, 0.5) is 5.69 Å². The van der Waals surface area contributed by atoms with Crippen molar-refractivity contribution in [2.75, 3.05) is 18.0 Å². The average Bonchev–Trinajstić information content (AvgIpc) is 2.53. The SMILES string of the molecule is C[n+]1ccc(C=Cc2ccc3cc(N4CCC4)ccc3n2)cc1.[I-]. The molecule has 4 heteroatoms. The number of benzene rings is 1. The fourth-order valence-electron chi connectivity index (χ4n) is 2.80. The lowest BCUT2D eigenvalue weighted by Gasteiger charge is -2.33. The number of halogens is 1. The molecule has 0 aliphatic carbocycles. The Hall–Kier alpha value is -1.95. The number of nitrogens with zero attached hydrogens (tertiary/aromatic N) is 3. The number of fused-ring (bicyclic) bond motifs is 1. The smallest absolute Gasteiger partial charge is 0.169 e. The summed E-state index contributed by atoms with van der Waals surface area (Å²) in [6.07, 6.45) is 9.56. The summed E-state index contributed by atoms with van der Waals surface area (Å²) in [4.78, 5) is 7.15. The Kier molecular flexibility index (Phi) is 5.14. The first-order valence-corrected chi connectivity index (χ1v) is 8.07. The van der Waals surface area contributed by atoms with Gasteiger partial charge in [0.15, 0.2) is 12.4 Å². The molecule has 3 aromatic rings. The predicted octanol–water partition coefficient (Wildman–Crippen LogP) is 0.444. The molecule has 0 atom stereocenters. The third kappa shape index (κ3) is 3.59. The van der Waals surface area contributed by atoms with Gasteiger partial charge in [0.2, 0.25) is 0 Å². The maximum absolute atomic E-state index is 4.74. The minimum atomic E-state index is 0. The molecule has 0 saturated carbocycles. The monoisotopic (exact) mass is 429 g/mol. The summed E-state index contributed by atoms with van der Waals surface area (Å²) in [7, 11) is 2.02. The van der Waals surface area contributed by atoms with Crippen molar-refractivity contribution in [3.8, 4) is 0 Å². The van der Waals surface area contributed by atoms with E-state index in [1.165, 1.54) is 36.1 Å². The first-order valence-electron chi connectivity index (χ1n) is 8.07. The van der Waals surface area contributed by atoms with Crippen molar-refractivity contribution < 1.29 is 28.5 Å². The Morgan fingerprint density at radius 3 is 2.50 bits per heavy atom. The first-order chi connectivity index (χ1) is 11.3. The number of aryl methyl sites for hydroxylation is 1. The fourth-order valence-corrected chi connectivity index (χ4v) is 2.80. The third-order valence-electron chi connectivity index (χ3n) is 4.37. The van der Waals surface area contributed by atoms with Crippen LogP contribution in [0.5, 0.6) is 0 Å². The van der Waals surface area contributed by atoms with Gasteiger partial charge in [-0.2, -0.15) is 0 Å². The largest absolute Gasteiger partial charge is 1.00 e. The fraction of sp³-hybridized carbons (Fsp3) is 0.200. The molecule has 2 aromatic heterocycles. The molecule has 3 nitrogen and oxygen atoms in total. The van der Waals surface area contributed by atoms with Crippen molar-refractivity contribution in [1.82, 2.24) is 4.98 Å². The molecule has 0 N–H and O–H groups in total. The molecule has 0 radical (unpaired) electrons. The number of hydrogen-bond acceptors (Lipinski definition) is 2. The molecule has 0 bridgehead atoms. The van der Waals surface area contributed by atoms with Crippen molar-refractivity contribution in [2.45, 2.75) is 6.42 Å². The van der Waals surface area contributed by atoms with Crippen LogP contribution in [0.2, 0.25) is 0 Å². The van der Waals surface area contributed by atoms with E-state index in [-0.39, 0.29) is 24.0 Å². The van der Waals surface area contributed by atoms with Gasteiger partial charge >= 0.3 is 0 Å². The zero-order chi connectivity index (χ0) is 15.6. The van der Waals surface area contributed by atoms with Gasteiger partial charge in [-0.15, -0.1) is 0 Å². The van der Waals surface area contributed by atoms with E-state index in [1.807, 2.05) is 24.0 Å². The molecular weight excluding hydrogens is 409 g/mol. The van der Waals surface area contributed by atoms with Gasteiger partial charge in [-0.05, 0) is 42.3 Å². The number of pyridine rings is 2. The summed E-state index contributed by atoms with van der Waals surface area (Å²) in [6, 6.07) is 15.0. The topological polar surface area (TPSA) is 20.0 Å². The summed E-state index contributed by atoms with van der Waals surface area (Å²) in [5.41, 5.74) is 4.53. The van der Waals surface area contributed by atoms with Gasteiger partial charge in [0, 0.05) is 36.3 Å². The van der Waals surface area contributed by atoms with Gasteiger partial charge in [0.1, 0.15) is 7.05 Å². The second-order valence-electron chi connectivity index (χ2n) is 6.08. The Balaban J connectivity index is 0.00000169. The Morgan fingerprint density at radius 1 is 1.00 bits per heavy atom. The zero-order valence-corrected chi connectivity index (χ0v) is 15.8. The van der Waals surface area contributed by atoms with Crippen LogP contribution in [0.15, 0.2) is 54.9 Å². The maximum atomic E-state index is 4.74. The molecular formula is C20H20IN3. The normalized spacial score (nSPS) is 13.8. The second kappa shape index (κ2) is 7.30. The highest BCUT2D eigenvalue weighted by Gasteiger charge is 2.14. The molecule has 1 aliphatic heterocycles. The Morgan fingerprint density at radius 2 is 1.79 bits per heavy atom. The molecule has 4 rings (SSSR count). The van der Waals surface area contributed by atoms with Crippen molar-refractivity contribution in [3.63, 3.8) is 0 Å². The van der Waals surface area contributed by atoms with Gasteiger partial charge < -0.3 is 28.9 Å². The van der Waals surface area contributed by atoms with Crippen LogP contribution in [0, 0.1) is 0 Å². The average molecular weight is 429 g/mol. The second-order valence-corrected chi connectivity index (χ2v) is 6.08. The van der Waals surface area contributed by atoms with Crippen LogP contribution in [0.25, 0.3) is 23.1 Å². The van der Waals surface area contributed by atoms with E-state index < -0.39 is 0 Å². The van der Waals surface area contributed by atoms with Crippen LogP contribution < -0.4 is 33.4 Å². The first kappa shape index (κ1) is 16.9. The van der Waals surface area contributed by atoms with Crippen LogP contribution in [-0.4, -0.2) is 18.1 Å². The summed E-state index contributed by atoms with van der Waals surface area (Å²) >= 11 is 0. The lowest BCUT2D eigenvalue weighted by atomic mass is 10.1. The van der Waals surface area contributed by atoms with Gasteiger partial charge in [-0.25, -0.2) is 9.55 Å². The van der Waals surface area contributed by atoms with Crippen molar-refractivity contribution >= 4 is 28.7 Å².